The normalized spacial score (nSPS) is 10.7. The summed E-state index contributed by atoms with van der Waals surface area (Å²) in [4.78, 5) is 17.1. The van der Waals surface area contributed by atoms with E-state index in [9.17, 15) is 0 Å². The van der Waals surface area contributed by atoms with Gasteiger partial charge in [-0.1, -0.05) is 6.92 Å². The van der Waals surface area contributed by atoms with E-state index in [2.05, 4.69) is 47.5 Å². The molecule has 0 amide bonds. The van der Waals surface area contributed by atoms with Crippen molar-refractivity contribution in [2.75, 3.05) is 11.9 Å². The molecule has 3 aromatic heterocycles. The van der Waals surface area contributed by atoms with E-state index in [0.29, 0.717) is 22.2 Å². The standard InChI is InChI=1S/C11H13N9S/c1-2-4-12-8-16-9(20-6-3-5-15-20)18-11(17-8)21-10-13-7-14-19-10/h3,5-7H,2,4H2,1H3,(H,13,14,19)(H,12,16,17,18). The highest BCUT2D eigenvalue weighted by atomic mass is 32.2. The Morgan fingerprint density at radius 3 is 3.00 bits per heavy atom. The van der Waals surface area contributed by atoms with Crippen LogP contribution in [-0.4, -0.2) is 46.5 Å². The first-order valence-corrected chi connectivity index (χ1v) is 7.20. The molecule has 3 heterocycles. The van der Waals surface area contributed by atoms with Gasteiger partial charge in [0.15, 0.2) is 5.16 Å². The van der Waals surface area contributed by atoms with Crippen LogP contribution in [0.25, 0.3) is 5.95 Å². The lowest BCUT2D eigenvalue weighted by Crippen LogP contribution is -2.10. The van der Waals surface area contributed by atoms with Crippen molar-refractivity contribution in [1.29, 1.82) is 0 Å². The van der Waals surface area contributed by atoms with Gasteiger partial charge in [0.05, 0.1) is 0 Å². The Labute approximate surface area is 124 Å². The minimum atomic E-state index is 0.454. The number of nitrogens with zero attached hydrogens (tertiary/aromatic N) is 7. The molecule has 0 saturated heterocycles. The predicted octanol–water partition coefficient (Wildman–Crippen LogP) is 1.15. The highest BCUT2D eigenvalue weighted by Gasteiger charge is 2.10. The second kappa shape index (κ2) is 6.31. The third-order valence-corrected chi connectivity index (χ3v) is 3.18. The Hall–Kier alpha value is -2.49. The molecular weight excluding hydrogens is 290 g/mol. The Morgan fingerprint density at radius 2 is 2.29 bits per heavy atom. The Balaban J connectivity index is 1.92. The average molecular weight is 303 g/mol. The van der Waals surface area contributed by atoms with Crippen molar-refractivity contribution in [3.63, 3.8) is 0 Å². The van der Waals surface area contributed by atoms with E-state index in [4.69, 9.17) is 0 Å². The van der Waals surface area contributed by atoms with Crippen molar-refractivity contribution < 1.29 is 0 Å². The minimum Gasteiger partial charge on any atom is -0.354 e. The van der Waals surface area contributed by atoms with Crippen LogP contribution in [0.15, 0.2) is 35.1 Å². The van der Waals surface area contributed by atoms with Gasteiger partial charge in [0.25, 0.3) is 5.95 Å². The summed E-state index contributed by atoms with van der Waals surface area (Å²) in [5.74, 6) is 0.968. The van der Waals surface area contributed by atoms with E-state index in [1.165, 1.54) is 18.1 Å². The number of nitrogens with one attached hydrogen (secondary N) is 2. The lowest BCUT2D eigenvalue weighted by molar-refractivity contribution is 0.756. The molecule has 0 spiro atoms. The van der Waals surface area contributed by atoms with Crippen molar-refractivity contribution in [1.82, 2.24) is 39.9 Å². The quantitative estimate of drug-likeness (QED) is 0.697. The van der Waals surface area contributed by atoms with Crippen LogP contribution < -0.4 is 5.32 Å². The van der Waals surface area contributed by atoms with Crippen LogP contribution in [0.2, 0.25) is 0 Å². The largest absolute Gasteiger partial charge is 0.354 e. The van der Waals surface area contributed by atoms with Gasteiger partial charge >= 0.3 is 0 Å². The second-order valence-electron chi connectivity index (χ2n) is 4.01. The first-order chi connectivity index (χ1) is 10.3. The predicted molar refractivity (Wildman–Crippen MR) is 76.2 cm³/mol. The smallest absolute Gasteiger partial charge is 0.256 e. The van der Waals surface area contributed by atoms with Gasteiger partial charge in [-0.15, -0.1) is 0 Å². The molecule has 0 fully saturated rings. The molecule has 108 valence electrons. The monoisotopic (exact) mass is 303 g/mol. The number of anilines is 1. The summed E-state index contributed by atoms with van der Waals surface area (Å²) in [6, 6.07) is 1.81. The molecule has 3 aromatic rings. The first kappa shape index (κ1) is 13.5. The zero-order chi connectivity index (χ0) is 14.5. The van der Waals surface area contributed by atoms with Gasteiger partial charge in [0.2, 0.25) is 11.1 Å². The van der Waals surface area contributed by atoms with Gasteiger partial charge in [0.1, 0.15) is 6.33 Å². The molecule has 0 atom stereocenters. The molecule has 21 heavy (non-hydrogen) atoms. The maximum absolute atomic E-state index is 4.37. The molecule has 0 aliphatic heterocycles. The van der Waals surface area contributed by atoms with Gasteiger partial charge in [-0.2, -0.15) is 25.1 Å². The van der Waals surface area contributed by atoms with E-state index >= 15 is 0 Å². The first-order valence-electron chi connectivity index (χ1n) is 6.38. The van der Waals surface area contributed by atoms with Crippen molar-refractivity contribution >= 4 is 17.7 Å². The molecule has 0 bridgehead atoms. The fourth-order valence-electron chi connectivity index (χ4n) is 1.53. The SMILES string of the molecule is CCCNc1nc(Sc2ncn[nH]2)nc(-n2cccn2)n1. The van der Waals surface area contributed by atoms with E-state index < -0.39 is 0 Å². The highest BCUT2D eigenvalue weighted by molar-refractivity contribution is 7.99. The molecule has 0 saturated carbocycles. The van der Waals surface area contributed by atoms with Gasteiger partial charge in [-0.25, -0.2) is 9.67 Å². The van der Waals surface area contributed by atoms with E-state index in [-0.39, 0.29) is 0 Å². The fraction of sp³-hybridized carbons (Fsp3) is 0.273. The zero-order valence-electron chi connectivity index (χ0n) is 11.3. The zero-order valence-corrected chi connectivity index (χ0v) is 12.1. The number of aromatic nitrogens is 8. The van der Waals surface area contributed by atoms with Crippen LogP contribution >= 0.6 is 11.8 Å². The molecule has 0 aromatic carbocycles. The molecule has 9 nitrogen and oxygen atoms in total. The maximum Gasteiger partial charge on any atom is 0.256 e. The third-order valence-electron chi connectivity index (χ3n) is 2.43. The fourth-order valence-corrected chi connectivity index (χ4v) is 2.16. The molecule has 0 aliphatic rings. The van der Waals surface area contributed by atoms with Crippen LogP contribution in [0.1, 0.15) is 13.3 Å². The number of aromatic amines is 1. The van der Waals surface area contributed by atoms with Gasteiger partial charge < -0.3 is 5.32 Å². The summed E-state index contributed by atoms with van der Waals surface area (Å²) < 4.78 is 1.59. The average Bonchev–Trinajstić information content (AvgIpc) is 3.18. The van der Waals surface area contributed by atoms with Gasteiger partial charge in [0, 0.05) is 18.9 Å². The Kier molecular flexibility index (Phi) is 4.05. The lowest BCUT2D eigenvalue weighted by atomic mass is 10.5. The molecule has 0 radical (unpaired) electrons. The summed E-state index contributed by atoms with van der Waals surface area (Å²) in [5, 5.41) is 15.0. The van der Waals surface area contributed by atoms with Crippen LogP contribution in [0.5, 0.6) is 0 Å². The third kappa shape index (κ3) is 3.34. The number of H-pyrrole nitrogens is 1. The van der Waals surface area contributed by atoms with Crippen molar-refractivity contribution in [3.05, 3.63) is 24.8 Å². The number of hydrogen-bond acceptors (Lipinski definition) is 8. The highest BCUT2D eigenvalue weighted by Crippen LogP contribution is 2.21. The number of rotatable bonds is 6. The topological polar surface area (TPSA) is 110 Å². The van der Waals surface area contributed by atoms with Crippen molar-refractivity contribution in [2.24, 2.45) is 0 Å². The van der Waals surface area contributed by atoms with Crippen LogP contribution in [0.3, 0.4) is 0 Å². The number of hydrogen-bond donors (Lipinski definition) is 2. The van der Waals surface area contributed by atoms with E-state index in [1.54, 1.807) is 17.1 Å². The Morgan fingerprint density at radius 1 is 1.33 bits per heavy atom. The van der Waals surface area contributed by atoms with Gasteiger partial charge in [-0.05, 0) is 24.2 Å². The van der Waals surface area contributed by atoms with Crippen LogP contribution in [-0.2, 0) is 0 Å². The molecule has 10 heteroatoms. The summed E-state index contributed by atoms with van der Waals surface area (Å²) in [7, 11) is 0. The Bertz CT molecular complexity index is 680. The van der Waals surface area contributed by atoms with Crippen LogP contribution in [0, 0.1) is 0 Å². The molecule has 0 aliphatic carbocycles. The second-order valence-corrected chi connectivity index (χ2v) is 4.97. The summed E-state index contributed by atoms with van der Waals surface area (Å²) in [6.45, 7) is 2.86. The lowest BCUT2D eigenvalue weighted by Gasteiger charge is -2.07. The minimum absolute atomic E-state index is 0.454. The van der Waals surface area contributed by atoms with E-state index in [1.807, 2.05) is 6.07 Å². The molecule has 3 rings (SSSR count). The summed E-state index contributed by atoms with van der Waals surface area (Å²) in [6.07, 6.45) is 5.87. The molecule has 2 N–H and O–H groups in total. The maximum atomic E-state index is 4.37. The van der Waals surface area contributed by atoms with Crippen LogP contribution in [0.4, 0.5) is 5.95 Å². The summed E-state index contributed by atoms with van der Waals surface area (Å²) >= 11 is 1.28. The summed E-state index contributed by atoms with van der Waals surface area (Å²) in [5.41, 5.74) is 0. The molecule has 0 unspecified atom stereocenters. The van der Waals surface area contributed by atoms with Crippen molar-refractivity contribution in [2.45, 2.75) is 23.7 Å². The van der Waals surface area contributed by atoms with Crippen molar-refractivity contribution in [3.8, 4) is 5.95 Å². The molecular formula is C11H13N9S. The van der Waals surface area contributed by atoms with Gasteiger partial charge in [-0.3, -0.25) is 5.10 Å². The van der Waals surface area contributed by atoms with E-state index in [0.717, 1.165) is 13.0 Å².